The van der Waals surface area contributed by atoms with Crippen molar-refractivity contribution in [3.05, 3.63) is 74.3 Å². The molecule has 0 bridgehead atoms. The Morgan fingerprint density at radius 2 is 1.96 bits per heavy atom. The fraction of sp³-hybridized carbons (Fsp3) is 0.0500. The number of hydrogen-bond acceptors (Lipinski definition) is 5. The molecule has 0 aliphatic heterocycles. The normalized spacial score (nSPS) is 11.0. The van der Waals surface area contributed by atoms with Crippen molar-refractivity contribution in [3.8, 4) is 5.69 Å². The molecule has 0 radical (unpaired) electrons. The highest BCUT2D eigenvalue weighted by molar-refractivity contribution is 14.1. The Morgan fingerprint density at radius 3 is 2.74 bits per heavy atom. The van der Waals surface area contributed by atoms with Crippen molar-refractivity contribution < 1.29 is 9.53 Å². The zero-order chi connectivity index (χ0) is 19.1. The molecule has 134 valence electrons. The molecule has 7 heteroatoms. The van der Waals surface area contributed by atoms with Crippen LogP contribution in [0.5, 0.6) is 0 Å². The SMILES string of the molecule is COC(=O)c1c(N)c2ccc(I)cc2n(-c2ccc3cnccc3c2)c1=O. The van der Waals surface area contributed by atoms with Crippen LogP contribution in [-0.4, -0.2) is 22.6 Å². The lowest BCUT2D eigenvalue weighted by Crippen LogP contribution is -2.28. The zero-order valence-corrected chi connectivity index (χ0v) is 16.4. The lowest BCUT2D eigenvalue weighted by molar-refractivity contribution is 0.0600. The number of esters is 1. The van der Waals surface area contributed by atoms with Gasteiger partial charge in [-0.3, -0.25) is 14.3 Å². The highest BCUT2D eigenvalue weighted by atomic mass is 127. The van der Waals surface area contributed by atoms with Crippen LogP contribution in [0.2, 0.25) is 0 Å². The molecule has 2 heterocycles. The highest BCUT2D eigenvalue weighted by Crippen LogP contribution is 2.28. The molecule has 0 saturated carbocycles. The summed E-state index contributed by atoms with van der Waals surface area (Å²) in [5, 5.41) is 2.51. The van der Waals surface area contributed by atoms with E-state index in [4.69, 9.17) is 10.5 Å². The fourth-order valence-corrected chi connectivity index (χ4v) is 3.63. The molecule has 6 nitrogen and oxygen atoms in total. The van der Waals surface area contributed by atoms with E-state index in [0.29, 0.717) is 16.6 Å². The van der Waals surface area contributed by atoms with E-state index in [-0.39, 0.29) is 11.3 Å². The Labute approximate surface area is 167 Å². The number of nitrogens with two attached hydrogens (primary N) is 1. The molecular formula is C20H14IN3O3. The van der Waals surface area contributed by atoms with E-state index >= 15 is 0 Å². The third kappa shape index (κ3) is 2.84. The number of nitrogens with zero attached hydrogens (tertiary/aromatic N) is 2. The molecule has 2 aromatic carbocycles. The molecule has 0 saturated heterocycles. The van der Waals surface area contributed by atoms with E-state index in [1.54, 1.807) is 18.5 Å². The number of aromatic nitrogens is 2. The molecule has 4 aromatic rings. The lowest BCUT2D eigenvalue weighted by atomic mass is 10.1. The summed E-state index contributed by atoms with van der Waals surface area (Å²) in [6.07, 6.45) is 3.45. The van der Waals surface area contributed by atoms with Crippen molar-refractivity contribution in [1.29, 1.82) is 0 Å². The third-order valence-corrected chi connectivity index (χ3v) is 5.12. The number of halogens is 1. The second-order valence-corrected chi connectivity index (χ2v) is 7.24. The molecule has 0 aliphatic rings. The number of fused-ring (bicyclic) bond motifs is 2. The Bertz CT molecular complexity index is 1280. The third-order valence-electron chi connectivity index (χ3n) is 4.45. The molecule has 0 fully saturated rings. The number of nitrogen functional groups attached to an aromatic ring is 1. The Morgan fingerprint density at radius 1 is 1.15 bits per heavy atom. The van der Waals surface area contributed by atoms with Crippen LogP contribution in [0.3, 0.4) is 0 Å². The van der Waals surface area contributed by atoms with Gasteiger partial charge in [0.1, 0.15) is 5.56 Å². The predicted octanol–water partition coefficient (Wildman–Crippen LogP) is 3.51. The zero-order valence-electron chi connectivity index (χ0n) is 14.3. The molecule has 2 N–H and O–H groups in total. The van der Waals surface area contributed by atoms with Gasteiger partial charge in [0.05, 0.1) is 18.3 Å². The molecular weight excluding hydrogens is 457 g/mol. The van der Waals surface area contributed by atoms with Crippen molar-refractivity contribution in [1.82, 2.24) is 9.55 Å². The standard InChI is InChI=1S/C20H14IN3O3/c1-27-20(26)17-18(22)15-5-3-13(21)9-16(15)24(19(17)25)14-4-2-12-10-23-7-6-11(12)8-14/h2-10H,22H2,1H3. The quantitative estimate of drug-likeness (QED) is 0.357. The largest absolute Gasteiger partial charge is 0.465 e. The summed E-state index contributed by atoms with van der Waals surface area (Å²) in [4.78, 5) is 29.6. The van der Waals surface area contributed by atoms with E-state index in [9.17, 15) is 9.59 Å². The number of ether oxygens (including phenoxy) is 1. The summed E-state index contributed by atoms with van der Waals surface area (Å²) in [5.41, 5.74) is 6.87. The Hall–Kier alpha value is -2.94. The molecule has 0 atom stereocenters. The average Bonchev–Trinajstić information content (AvgIpc) is 2.67. The van der Waals surface area contributed by atoms with E-state index in [1.807, 2.05) is 36.4 Å². The number of rotatable bonds is 2. The molecule has 0 aliphatic carbocycles. The smallest absolute Gasteiger partial charge is 0.345 e. The van der Waals surface area contributed by atoms with E-state index in [2.05, 4.69) is 27.6 Å². The van der Waals surface area contributed by atoms with E-state index < -0.39 is 11.5 Å². The van der Waals surface area contributed by atoms with Crippen LogP contribution in [0.15, 0.2) is 59.7 Å². The fourth-order valence-electron chi connectivity index (χ4n) is 3.15. The first-order chi connectivity index (χ1) is 13.0. The van der Waals surface area contributed by atoms with Gasteiger partial charge in [0, 0.05) is 32.4 Å². The topological polar surface area (TPSA) is 87.2 Å². The summed E-state index contributed by atoms with van der Waals surface area (Å²) >= 11 is 2.17. The van der Waals surface area contributed by atoms with Crippen molar-refractivity contribution in [3.63, 3.8) is 0 Å². The van der Waals surface area contributed by atoms with E-state index in [0.717, 1.165) is 14.3 Å². The first-order valence-electron chi connectivity index (χ1n) is 8.07. The lowest BCUT2D eigenvalue weighted by Gasteiger charge is -2.16. The molecule has 2 aromatic heterocycles. The van der Waals surface area contributed by atoms with Crippen molar-refractivity contribution in [2.75, 3.05) is 12.8 Å². The molecule has 0 unspecified atom stereocenters. The first kappa shape index (κ1) is 17.5. The van der Waals surface area contributed by atoms with Gasteiger partial charge in [0.2, 0.25) is 0 Å². The second kappa shape index (κ2) is 6.66. The Balaban J connectivity index is 2.16. The van der Waals surface area contributed by atoms with Gasteiger partial charge in [-0.1, -0.05) is 6.07 Å². The maximum absolute atomic E-state index is 13.2. The van der Waals surface area contributed by atoms with Crippen LogP contribution in [0.25, 0.3) is 27.4 Å². The minimum Gasteiger partial charge on any atom is -0.465 e. The van der Waals surface area contributed by atoms with Gasteiger partial charge in [0.25, 0.3) is 5.56 Å². The number of pyridine rings is 2. The second-order valence-electron chi connectivity index (χ2n) is 5.99. The molecule has 0 amide bonds. The predicted molar refractivity (Wildman–Crippen MR) is 113 cm³/mol. The number of carbonyl (C=O) groups excluding carboxylic acids is 1. The van der Waals surface area contributed by atoms with Gasteiger partial charge in [-0.2, -0.15) is 0 Å². The van der Waals surface area contributed by atoms with Gasteiger partial charge in [-0.15, -0.1) is 0 Å². The summed E-state index contributed by atoms with van der Waals surface area (Å²) in [5.74, 6) is -0.753. The molecule has 0 spiro atoms. The van der Waals surface area contributed by atoms with Gasteiger partial charge in [0.15, 0.2) is 0 Å². The average molecular weight is 471 g/mol. The number of carbonyl (C=O) groups is 1. The summed E-state index contributed by atoms with van der Waals surface area (Å²) in [7, 11) is 1.23. The van der Waals surface area contributed by atoms with Gasteiger partial charge < -0.3 is 10.5 Å². The van der Waals surface area contributed by atoms with E-state index in [1.165, 1.54) is 11.7 Å². The summed E-state index contributed by atoms with van der Waals surface area (Å²) < 4.78 is 7.24. The minimum atomic E-state index is -0.753. The van der Waals surface area contributed by atoms with Crippen LogP contribution in [0.4, 0.5) is 5.69 Å². The number of methoxy groups -OCH3 is 1. The molecule has 27 heavy (non-hydrogen) atoms. The van der Waals surface area contributed by atoms with Crippen molar-refractivity contribution in [2.45, 2.75) is 0 Å². The molecule has 4 rings (SSSR count). The van der Waals surface area contributed by atoms with Crippen LogP contribution in [0.1, 0.15) is 10.4 Å². The summed E-state index contributed by atoms with van der Waals surface area (Å²) in [6, 6.07) is 13.0. The van der Waals surface area contributed by atoms with Crippen molar-refractivity contribution in [2.24, 2.45) is 0 Å². The Kier molecular flexibility index (Phi) is 4.31. The van der Waals surface area contributed by atoms with Crippen LogP contribution in [-0.2, 0) is 4.74 Å². The van der Waals surface area contributed by atoms with Crippen molar-refractivity contribution >= 4 is 55.9 Å². The van der Waals surface area contributed by atoms with Gasteiger partial charge in [-0.25, -0.2) is 4.79 Å². The maximum Gasteiger partial charge on any atom is 0.345 e. The number of anilines is 1. The van der Waals surface area contributed by atoms with Crippen LogP contribution < -0.4 is 11.3 Å². The number of hydrogen-bond donors (Lipinski definition) is 1. The number of benzene rings is 2. The maximum atomic E-state index is 13.2. The van der Waals surface area contributed by atoms with Gasteiger partial charge in [-0.05, 0) is 64.4 Å². The monoisotopic (exact) mass is 471 g/mol. The van der Waals surface area contributed by atoms with Crippen LogP contribution >= 0.6 is 22.6 Å². The minimum absolute atomic E-state index is 0.125. The summed E-state index contributed by atoms with van der Waals surface area (Å²) in [6.45, 7) is 0. The first-order valence-corrected chi connectivity index (χ1v) is 9.15. The van der Waals surface area contributed by atoms with Gasteiger partial charge >= 0.3 is 5.97 Å². The van der Waals surface area contributed by atoms with Crippen LogP contribution in [0, 0.1) is 3.57 Å². The highest BCUT2D eigenvalue weighted by Gasteiger charge is 2.22.